The highest BCUT2D eigenvalue weighted by atomic mass is 16.5. The third-order valence-corrected chi connectivity index (χ3v) is 6.96. The van der Waals surface area contributed by atoms with Gasteiger partial charge in [0, 0.05) is 38.0 Å². The molecular formula is C24H32N2O3. The van der Waals surface area contributed by atoms with E-state index in [-0.39, 0.29) is 29.4 Å². The Bertz CT molecular complexity index is 795. The summed E-state index contributed by atoms with van der Waals surface area (Å²) < 4.78 is 6.56. The summed E-state index contributed by atoms with van der Waals surface area (Å²) in [6.45, 7) is 2.86. The molecule has 1 heterocycles. The Hall–Kier alpha value is -2.30. The van der Waals surface area contributed by atoms with Crippen LogP contribution in [0.15, 0.2) is 36.4 Å². The normalized spacial score (nSPS) is 29.0. The minimum atomic E-state index is -0.355. The van der Waals surface area contributed by atoms with Gasteiger partial charge in [0.25, 0.3) is 0 Å². The van der Waals surface area contributed by atoms with Crippen LogP contribution in [0.2, 0.25) is 0 Å². The van der Waals surface area contributed by atoms with Crippen LogP contribution in [0.3, 0.4) is 0 Å². The summed E-state index contributed by atoms with van der Waals surface area (Å²) in [4.78, 5) is 29.1. The fourth-order valence-corrected chi connectivity index (χ4v) is 5.09. The molecule has 156 valence electrons. The molecule has 0 unspecified atom stereocenters. The van der Waals surface area contributed by atoms with Gasteiger partial charge in [-0.3, -0.25) is 9.59 Å². The lowest BCUT2D eigenvalue weighted by Gasteiger charge is -2.44. The molecule has 1 aromatic carbocycles. The van der Waals surface area contributed by atoms with Crippen LogP contribution in [-0.2, 0) is 16.1 Å². The standard InChI is InChI=1S/C24H32N2O3/c1-18(27)26-16-20-10-6-7-11-22(20)29-24(17-26)14-12-21(13-15-24)25(2)23(28)19-8-4-3-5-9-19/h3-4,6-7,10-11,19,21H,5,8-9,12-17H2,1-2H3/t19-,21?,24?/m0/s1. The summed E-state index contributed by atoms with van der Waals surface area (Å²) in [7, 11) is 1.97. The van der Waals surface area contributed by atoms with E-state index in [2.05, 4.69) is 12.2 Å². The molecule has 5 nitrogen and oxygen atoms in total. The fraction of sp³-hybridized carbons (Fsp3) is 0.583. The van der Waals surface area contributed by atoms with Crippen molar-refractivity contribution < 1.29 is 14.3 Å². The summed E-state index contributed by atoms with van der Waals surface area (Å²) in [5.74, 6) is 1.40. The lowest BCUT2D eigenvalue weighted by atomic mass is 9.80. The molecule has 1 aliphatic heterocycles. The first-order valence-corrected chi connectivity index (χ1v) is 10.9. The van der Waals surface area contributed by atoms with Crippen molar-refractivity contribution in [2.45, 2.75) is 70.1 Å². The topological polar surface area (TPSA) is 49.9 Å². The Morgan fingerprint density at radius 2 is 1.90 bits per heavy atom. The van der Waals surface area contributed by atoms with Gasteiger partial charge in [-0.25, -0.2) is 0 Å². The molecule has 2 aliphatic carbocycles. The summed E-state index contributed by atoms with van der Waals surface area (Å²) in [6, 6.07) is 8.30. The Kier molecular flexibility index (Phi) is 5.66. The number of rotatable bonds is 2. The number of fused-ring (bicyclic) bond motifs is 1. The predicted molar refractivity (Wildman–Crippen MR) is 112 cm³/mol. The van der Waals surface area contributed by atoms with E-state index in [9.17, 15) is 9.59 Å². The second-order valence-electron chi connectivity index (χ2n) is 8.93. The van der Waals surface area contributed by atoms with Gasteiger partial charge in [0.15, 0.2) is 0 Å². The minimum absolute atomic E-state index is 0.0875. The van der Waals surface area contributed by atoms with Crippen molar-refractivity contribution in [3.63, 3.8) is 0 Å². The monoisotopic (exact) mass is 396 g/mol. The second-order valence-corrected chi connectivity index (χ2v) is 8.93. The lowest BCUT2D eigenvalue weighted by molar-refractivity contribution is -0.138. The van der Waals surface area contributed by atoms with E-state index in [1.165, 1.54) is 0 Å². The number of amides is 2. The van der Waals surface area contributed by atoms with Crippen molar-refractivity contribution in [3.05, 3.63) is 42.0 Å². The maximum absolute atomic E-state index is 12.9. The van der Waals surface area contributed by atoms with Crippen LogP contribution in [-0.4, -0.2) is 46.8 Å². The highest BCUT2D eigenvalue weighted by molar-refractivity contribution is 5.79. The van der Waals surface area contributed by atoms with E-state index in [4.69, 9.17) is 4.74 Å². The molecular weight excluding hydrogens is 364 g/mol. The number of carbonyl (C=O) groups is 2. The number of para-hydroxylation sites is 1. The van der Waals surface area contributed by atoms with Gasteiger partial charge in [0.1, 0.15) is 11.4 Å². The van der Waals surface area contributed by atoms with Gasteiger partial charge in [-0.05, 0) is 51.0 Å². The summed E-state index contributed by atoms with van der Waals surface area (Å²) in [5, 5.41) is 0. The fourth-order valence-electron chi connectivity index (χ4n) is 5.09. The first kappa shape index (κ1) is 20.0. The smallest absolute Gasteiger partial charge is 0.225 e. The third kappa shape index (κ3) is 4.19. The van der Waals surface area contributed by atoms with Crippen molar-refractivity contribution in [2.24, 2.45) is 5.92 Å². The number of hydrogen-bond donors (Lipinski definition) is 0. The molecule has 0 radical (unpaired) electrons. The van der Waals surface area contributed by atoms with Crippen LogP contribution in [0.1, 0.15) is 57.4 Å². The maximum atomic E-state index is 12.9. The van der Waals surface area contributed by atoms with Gasteiger partial charge in [0.05, 0.1) is 6.54 Å². The zero-order chi connectivity index (χ0) is 20.4. The van der Waals surface area contributed by atoms with E-state index < -0.39 is 0 Å². The van der Waals surface area contributed by atoms with Gasteiger partial charge in [-0.15, -0.1) is 0 Å². The molecule has 3 aliphatic rings. The molecule has 0 saturated heterocycles. The van der Waals surface area contributed by atoms with Gasteiger partial charge < -0.3 is 14.5 Å². The third-order valence-electron chi connectivity index (χ3n) is 6.96. The van der Waals surface area contributed by atoms with Gasteiger partial charge in [-0.2, -0.15) is 0 Å². The maximum Gasteiger partial charge on any atom is 0.225 e. The van der Waals surface area contributed by atoms with E-state index in [0.29, 0.717) is 13.1 Å². The van der Waals surface area contributed by atoms with Crippen LogP contribution in [0.5, 0.6) is 5.75 Å². The molecule has 0 bridgehead atoms. The first-order valence-electron chi connectivity index (χ1n) is 10.9. The Morgan fingerprint density at radius 3 is 2.59 bits per heavy atom. The molecule has 1 atom stereocenters. The molecule has 0 aromatic heterocycles. The summed E-state index contributed by atoms with van der Waals surface area (Å²) in [6.07, 6.45) is 10.7. The largest absolute Gasteiger partial charge is 0.485 e. The molecule has 1 spiro atoms. The summed E-state index contributed by atoms with van der Waals surface area (Å²) in [5.41, 5.74) is 0.714. The van der Waals surface area contributed by atoms with E-state index in [1.54, 1.807) is 6.92 Å². The highest BCUT2D eigenvalue weighted by Crippen LogP contribution is 2.39. The average molecular weight is 397 g/mol. The summed E-state index contributed by atoms with van der Waals surface area (Å²) >= 11 is 0. The molecule has 1 saturated carbocycles. The molecule has 0 N–H and O–H groups in total. The van der Waals surface area contributed by atoms with Crippen molar-refractivity contribution in [1.29, 1.82) is 0 Å². The highest BCUT2D eigenvalue weighted by Gasteiger charge is 2.43. The Labute approximate surface area is 173 Å². The lowest BCUT2D eigenvalue weighted by Crippen LogP contribution is -2.52. The molecule has 2 amide bonds. The van der Waals surface area contributed by atoms with Crippen molar-refractivity contribution in [2.75, 3.05) is 13.6 Å². The first-order chi connectivity index (χ1) is 14.0. The van der Waals surface area contributed by atoms with Gasteiger partial charge >= 0.3 is 0 Å². The van der Waals surface area contributed by atoms with Crippen molar-refractivity contribution in [1.82, 2.24) is 9.80 Å². The number of allylic oxidation sites excluding steroid dienone is 2. The zero-order valence-electron chi connectivity index (χ0n) is 17.6. The molecule has 4 rings (SSSR count). The van der Waals surface area contributed by atoms with Gasteiger partial charge in [-0.1, -0.05) is 30.4 Å². The van der Waals surface area contributed by atoms with Crippen LogP contribution < -0.4 is 4.74 Å². The minimum Gasteiger partial charge on any atom is -0.485 e. The number of hydrogen-bond acceptors (Lipinski definition) is 3. The number of ether oxygens (including phenoxy) is 1. The van der Waals surface area contributed by atoms with Crippen molar-refractivity contribution >= 4 is 11.8 Å². The average Bonchev–Trinajstić information content (AvgIpc) is 2.90. The SMILES string of the molecule is CC(=O)N1Cc2ccccc2OC2(CCC(N(C)C(=O)[C@H]3CC=CCC3)CC2)C1. The van der Waals surface area contributed by atoms with Crippen LogP contribution in [0, 0.1) is 5.92 Å². The Balaban J connectivity index is 1.46. The quantitative estimate of drug-likeness (QED) is 0.712. The van der Waals surface area contributed by atoms with Crippen molar-refractivity contribution in [3.8, 4) is 5.75 Å². The molecule has 5 heteroatoms. The van der Waals surface area contributed by atoms with Crippen LogP contribution >= 0.6 is 0 Å². The second kappa shape index (κ2) is 8.21. The van der Waals surface area contributed by atoms with Crippen LogP contribution in [0.25, 0.3) is 0 Å². The van der Waals surface area contributed by atoms with E-state index in [1.807, 2.05) is 41.1 Å². The van der Waals surface area contributed by atoms with E-state index in [0.717, 1.165) is 56.3 Å². The van der Waals surface area contributed by atoms with Crippen LogP contribution in [0.4, 0.5) is 0 Å². The molecule has 1 fully saturated rings. The number of carbonyl (C=O) groups excluding carboxylic acids is 2. The van der Waals surface area contributed by atoms with E-state index >= 15 is 0 Å². The van der Waals surface area contributed by atoms with Gasteiger partial charge in [0.2, 0.25) is 11.8 Å². The zero-order valence-corrected chi connectivity index (χ0v) is 17.6. The Morgan fingerprint density at radius 1 is 1.14 bits per heavy atom. The number of nitrogens with zero attached hydrogens (tertiary/aromatic N) is 2. The number of benzene rings is 1. The molecule has 1 aromatic rings. The predicted octanol–water partition coefficient (Wildman–Crippen LogP) is 3.92. The molecule has 29 heavy (non-hydrogen) atoms.